The Balaban J connectivity index is 1.31. The number of benzene rings is 3. The lowest BCUT2D eigenvalue weighted by atomic mass is 9.82. The Bertz CT molecular complexity index is 1230. The first-order valence-electron chi connectivity index (χ1n) is 12.4. The molecule has 0 amide bonds. The minimum atomic E-state index is -0.803. The number of nitrogens with one attached hydrogen (secondary N) is 1. The summed E-state index contributed by atoms with van der Waals surface area (Å²) in [6, 6.07) is 22.2. The highest BCUT2D eigenvalue weighted by atomic mass is 19.1. The summed E-state index contributed by atoms with van der Waals surface area (Å²) < 4.78 is 20.5. The number of aromatic hydroxyl groups is 1. The molecule has 0 saturated carbocycles. The summed E-state index contributed by atoms with van der Waals surface area (Å²) >= 11 is 0. The first-order chi connectivity index (χ1) is 17.4. The number of para-hydroxylation sites is 1. The number of hydrogen-bond donors (Lipinski definition) is 2. The van der Waals surface area contributed by atoms with Crippen molar-refractivity contribution in [2.45, 2.75) is 25.0 Å². The number of phenolic OH excluding ortho intramolecular Hbond substituents is 1. The molecule has 3 saturated heterocycles. The quantitative estimate of drug-likeness (QED) is 0.272. The molecular weight excluding hydrogens is 459 g/mol. The van der Waals surface area contributed by atoms with E-state index in [-0.39, 0.29) is 35.9 Å². The summed E-state index contributed by atoms with van der Waals surface area (Å²) in [4.78, 5) is 26.5. The van der Waals surface area contributed by atoms with Crippen LogP contribution in [0, 0.1) is 11.7 Å². The molecule has 6 rings (SSSR count). The van der Waals surface area contributed by atoms with Gasteiger partial charge in [0.15, 0.2) is 23.7 Å². The van der Waals surface area contributed by atoms with Gasteiger partial charge in [0.25, 0.3) is 0 Å². The van der Waals surface area contributed by atoms with Crippen LogP contribution >= 0.6 is 0 Å². The zero-order chi connectivity index (χ0) is 25.1. The number of rotatable bonds is 8. The SMILES string of the molecule is O=C(C[N+]12CCC(CC1)C(OC(=O)C(Nc1ccccc1)c1ccccc1)C2)c1ccc(O)c(F)c1. The zero-order valence-electron chi connectivity index (χ0n) is 20.0. The van der Waals surface area contributed by atoms with Crippen LogP contribution in [0.5, 0.6) is 5.75 Å². The molecule has 3 aliphatic rings. The molecule has 7 heteroatoms. The summed E-state index contributed by atoms with van der Waals surface area (Å²) in [5.74, 6) is -1.52. The molecule has 0 spiro atoms. The van der Waals surface area contributed by atoms with Gasteiger partial charge in [-0.3, -0.25) is 4.79 Å². The average Bonchev–Trinajstić information content (AvgIpc) is 2.90. The molecular formula is C29H30FN2O4+. The molecule has 3 aliphatic heterocycles. The molecule has 6 nitrogen and oxygen atoms in total. The molecule has 0 aromatic heterocycles. The van der Waals surface area contributed by atoms with Crippen molar-refractivity contribution >= 4 is 17.4 Å². The number of halogens is 1. The topological polar surface area (TPSA) is 75.6 Å². The standard InChI is InChI=1S/C29H29FN2O4/c30-24-17-22(11-12-25(24)33)26(34)18-32-15-13-20(14-16-32)27(19-32)36-29(35)28(21-7-3-1-4-8-21)31-23-9-5-2-6-10-23/h1-12,17,20,27-28,31H,13-16,18-19H2/p+1. The van der Waals surface area contributed by atoms with Gasteiger partial charge in [0, 0.05) is 30.0 Å². The van der Waals surface area contributed by atoms with Gasteiger partial charge in [0.05, 0.1) is 13.1 Å². The summed E-state index contributed by atoms with van der Waals surface area (Å²) in [7, 11) is 0. The fourth-order valence-corrected chi connectivity index (χ4v) is 5.50. The third-order valence-electron chi connectivity index (χ3n) is 7.51. The van der Waals surface area contributed by atoms with Crippen molar-refractivity contribution in [1.29, 1.82) is 0 Å². The van der Waals surface area contributed by atoms with Gasteiger partial charge in [-0.1, -0.05) is 48.5 Å². The maximum atomic E-state index is 13.8. The van der Waals surface area contributed by atoms with E-state index >= 15 is 0 Å². The number of Topliss-reactive ketones (excluding diaryl/α,β-unsaturated/α-hetero) is 1. The van der Waals surface area contributed by atoms with Crippen LogP contribution in [0.1, 0.15) is 34.8 Å². The van der Waals surface area contributed by atoms with Crippen molar-refractivity contribution in [3.8, 4) is 5.75 Å². The molecule has 186 valence electrons. The van der Waals surface area contributed by atoms with E-state index in [1.54, 1.807) is 0 Å². The number of phenols is 1. The minimum Gasteiger partial charge on any atom is -0.505 e. The summed E-state index contributed by atoms with van der Waals surface area (Å²) in [6.45, 7) is 2.44. The van der Waals surface area contributed by atoms with E-state index in [2.05, 4.69) is 5.32 Å². The monoisotopic (exact) mass is 489 g/mol. The minimum absolute atomic E-state index is 0.174. The van der Waals surface area contributed by atoms with E-state index in [1.807, 2.05) is 60.7 Å². The Labute approximate surface area is 209 Å². The Kier molecular flexibility index (Phi) is 6.74. The Morgan fingerprint density at radius 1 is 1.00 bits per heavy atom. The van der Waals surface area contributed by atoms with Gasteiger partial charge < -0.3 is 19.6 Å². The van der Waals surface area contributed by atoms with Crippen LogP contribution in [0.25, 0.3) is 0 Å². The van der Waals surface area contributed by atoms with Gasteiger partial charge >= 0.3 is 5.97 Å². The number of piperidine rings is 3. The Morgan fingerprint density at radius 2 is 1.67 bits per heavy atom. The molecule has 2 bridgehead atoms. The largest absolute Gasteiger partial charge is 0.505 e. The zero-order valence-corrected chi connectivity index (χ0v) is 20.0. The highest BCUT2D eigenvalue weighted by molar-refractivity contribution is 5.97. The second kappa shape index (κ2) is 10.1. The second-order valence-electron chi connectivity index (χ2n) is 9.89. The number of quaternary nitrogens is 1. The number of ether oxygens (including phenoxy) is 1. The van der Waals surface area contributed by atoms with E-state index in [0.717, 1.165) is 43.2 Å². The summed E-state index contributed by atoms with van der Waals surface area (Å²) in [5, 5.41) is 12.8. The van der Waals surface area contributed by atoms with E-state index in [1.165, 1.54) is 12.1 Å². The van der Waals surface area contributed by atoms with Crippen molar-refractivity contribution in [2.24, 2.45) is 5.92 Å². The lowest BCUT2D eigenvalue weighted by Crippen LogP contribution is -2.65. The van der Waals surface area contributed by atoms with E-state index in [0.29, 0.717) is 11.0 Å². The maximum absolute atomic E-state index is 13.8. The normalized spacial score (nSPS) is 23.6. The van der Waals surface area contributed by atoms with Gasteiger partial charge in [0.2, 0.25) is 5.78 Å². The van der Waals surface area contributed by atoms with Gasteiger partial charge in [-0.25, -0.2) is 9.18 Å². The van der Waals surface area contributed by atoms with Gasteiger partial charge in [-0.15, -0.1) is 0 Å². The number of hydrogen-bond acceptors (Lipinski definition) is 5. The lowest BCUT2D eigenvalue weighted by Gasteiger charge is -2.51. The fraction of sp³-hybridized carbons (Fsp3) is 0.310. The van der Waals surface area contributed by atoms with E-state index in [4.69, 9.17) is 4.74 Å². The lowest BCUT2D eigenvalue weighted by molar-refractivity contribution is -0.938. The highest BCUT2D eigenvalue weighted by Crippen LogP contribution is 2.37. The third-order valence-corrected chi connectivity index (χ3v) is 7.51. The molecule has 3 heterocycles. The average molecular weight is 490 g/mol. The molecule has 2 atom stereocenters. The Morgan fingerprint density at radius 3 is 2.33 bits per heavy atom. The van der Waals surface area contributed by atoms with Gasteiger partial charge in [-0.2, -0.15) is 0 Å². The van der Waals surface area contributed by atoms with Crippen molar-refractivity contribution in [3.05, 3.63) is 95.8 Å². The molecule has 3 aromatic carbocycles. The molecule has 2 N–H and O–H groups in total. The van der Waals surface area contributed by atoms with E-state index in [9.17, 15) is 19.1 Å². The maximum Gasteiger partial charge on any atom is 0.333 e. The number of carbonyl (C=O) groups excluding carboxylic acids is 2. The molecule has 0 radical (unpaired) electrons. The number of ketones is 1. The van der Waals surface area contributed by atoms with Gasteiger partial charge in [0.1, 0.15) is 13.1 Å². The van der Waals surface area contributed by atoms with Crippen molar-refractivity contribution in [1.82, 2.24) is 0 Å². The van der Waals surface area contributed by atoms with Crippen molar-refractivity contribution in [2.75, 3.05) is 31.5 Å². The van der Waals surface area contributed by atoms with Gasteiger partial charge in [-0.05, 0) is 35.9 Å². The number of fused-ring (bicyclic) bond motifs is 3. The summed E-state index contributed by atoms with van der Waals surface area (Å²) in [5.41, 5.74) is 1.89. The number of esters is 1. The molecule has 0 aliphatic carbocycles. The Hall–Kier alpha value is -3.71. The van der Waals surface area contributed by atoms with Crippen LogP contribution in [-0.2, 0) is 9.53 Å². The van der Waals surface area contributed by atoms with Crippen molar-refractivity contribution in [3.63, 3.8) is 0 Å². The van der Waals surface area contributed by atoms with Crippen LogP contribution in [-0.4, -0.2) is 53.6 Å². The van der Waals surface area contributed by atoms with Crippen LogP contribution in [0.15, 0.2) is 78.9 Å². The molecule has 3 aromatic rings. The van der Waals surface area contributed by atoms with Crippen LogP contribution < -0.4 is 5.32 Å². The highest BCUT2D eigenvalue weighted by Gasteiger charge is 2.49. The number of nitrogens with zero attached hydrogens (tertiary/aromatic N) is 1. The van der Waals surface area contributed by atoms with E-state index < -0.39 is 17.6 Å². The van der Waals surface area contributed by atoms with Crippen molar-refractivity contribution < 1.29 is 28.3 Å². The smallest absolute Gasteiger partial charge is 0.333 e. The fourth-order valence-electron chi connectivity index (χ4n) is 5.50. The van der Waals surface area contributed by atoms with Crippen LogP contribution in [0.2, 0.25) is 0 Å². The number of anilines is 1. The van der Waals surface area contributed by atoms with Crippen LogP contribution in [0.3, 0.4) is 0 Å². The first-order valence-corrected chi connectivity index (χ1v) is 12.4. The molecule has 36 heavy (non-hydrogen) atoms. The van der Waals surface area contributed by atoms with Crippen LogP contribution in [0.4, 0.5) is 10.1 Å². The third kappa shape index (κ3) is 5.11. The first kappa shape index (κ1) is 24.0. The predicted octanol–water partition coefficient (Wildman–Crippen LogP) is 4.72. The predicted molar refractivity (Wildman–Crippen MR) is 134 cm³/mol. The molecule has 2 unspecified atom stereocenters. The molecule has 3 fully saturated rings. The number of carbonyl (C=O) groups is 2. The summed E-state index contributed by atoms with van der Waals surface area (Å²) in [6.07, 6.45) is 1.46. The second-order valence-corrected chi connectivity index (χ2v) is 9.89.